The van der Waals surface area contributed by atoms with Crippen molar-refractivity contribution in [2.75, 3.05) is 12.3 Å². The summed E-state index contributed by atoms with van der Waals surface area (Å²) in [5.41, 5.74) is 18.7. The second-order valence-corrected chi connectivity index (χ2v) is 2.81. The van der Waals surface area contributed by atoms with Gasteiger partial charge in [-0.25, -0.2) is 4.98 Å². The third-order valence-corrected chi connectivity index (χ3v) is 1.83. The van der Waals surface area contributed by atoms with Crippen molar-refractivity contribution in [3.8, 4) is 0 Å². The largest absolute Gasteiger partial charge is 0.384 e. The smallest absolute Gasteiger partial charge is 0.123 e. The van der Waals surface area contributed by atoms with Gasteiger partial charge in [0.05, 0.1) is 0 Å². The van der Waals surface area contributed by atoms with E-state index in [0.29, 0.717) is 12.4 Å². The molecule has 1 aromatic rings. The Balaban J connectivity index is 3.01. The Morgan fingerprint density at radius 2 is 2.25 bits per heavy atom. The van der Waals surface area contributed by atoms with E-state index in [1.54, 1.807) is 12.3 Å². The van der Waals surface area contributed by atoms with Crippen LogP contribution in [-0.2, 0) is 0 Å². The summed E-state index contributed by atoms with van der Waals surface area (Å²) >= 11 is 0. The Hall–Kier alpha value is -1.13. The van der Waals surface area contributed by atoms with Crippen LogP contribution in [0.3, 0.4) is 0 Å². The number of anilines is 1. The van der Waals surface area contributed by atoms with Gasteiger partial charge < -0.3 is 17.2 Å². The molecule has 0 radical (unpaired) electrons. The standard InChI is InChI=1S/C8H14N4/c1-5-2-8(11)12-4-6(5)7(10)3-9/h2,4,7H,3,9-10H2,1H3,(H2,11,12). The van der Waals surface area contributed by atoms with Crippen LogP contribution in [0.4, 0.5) is 5.82 Å². The quantitative estimate of drug-likeness (QED) is 0.573. The number of aryl methyl sites for hydroxylation is 1. The Bertz CT molecular complexity index is 272. The predicted octanol–water partition coefficient (Wildman–Crippen LogP) is -0.0693. The zero-order valence-corrected chi connectivity index (χ0v) is 7.12. The lowest BCUT2D eigenvalue weighted by molar-refractivity contribution is 0.728. The summed E-state index contributed by atoms with van der Waals surface area (Å²) in [6.07, 6.45) is 1.68. The highest BCUT2D eigenvalue weighted by Gasteiger charge is 2.06. The Morgan fingerprint density at radius 1 is 1.58 bits per heavy atom. The molecule has 0 aliphatic heterocycles. The maximum Gasteiger partial charge on any atom is 0.123 e. The summed E-state index contributed by atoms with van der Waals surface area (Å²) in [5.74, 6) is 0.514. The lowest BCUT2D eigenvalue weighted by Crippen LogP contribution is -2.21. The number of rotatable bonds is 2. The minimum atomic E-state index is -0.141. The fourth-order valence-corrected chi connectivity index (χ4v) is 1.10. The monoisotopic (exact) mass is 166 g/mol. The lowest BCUT2D eigenvalue weighted by Gasteiger charge is -2.11. The molecule has 6 N–H and O–H groups in total. The summed E-state index contributed by atoms with van der Waals surface area (Å²) in [5, 5.41) is 0. The van der Waals surface area contributed by atoms with Gasteiger partial charge in [-0.15, -0.1) is 0 Å². The molecule has 1 heterocycles. The molecule has 0 saturated carbocycles. The number of nitrogens with zero attached hydrogens (tertiary/aromatic N) is 1. The SMILES string of the molecule is Cc1cc(N)ncc1C(N)CN. The second-order valence-electron chi connectivity index (χ2n) is 2.81. The van der Waals surface area contributed by atoms with Gasteiger partial charge in [-0.3, -0.25) is 0 Å². The number of pyridine rings is 1. The molecular weight excluding hydrogens is 152 g/mol. The molecule has 0 saturated heterocycles. The van der Waals surface area contributed by atoms with Gasteiger partial charge in [0.25, 0.3) is 0 Å². The second kappa shape index (κ2) is 3.51. The predicted molar refractivity (Wildman–Crippen MR) is 49.4 cm³/mol. The summed E-state index contributed by atoms with van der Waals surface area (Å²) in [4.78, 5) is 3.95. The Labute approximate surface area is 71.8 Å². The van der Waals surface area contributed by atoms with Gasteiger partial charge in [-0.05, 0) is 24.1 Å². The molecule has 0 fully saturated rings. The topological polar surface area (TPSA) is 90.9 Å². The van der Waals surface area contributed by atoms with Gasteiger partial charge in [0.2, 0.25) is 0 Å². The van der Waals surface area contributed by atoms with Gasteiger partial charge in [0.15, 0.2) is 0 Å². The molecule has 0 aromatic carbocycles. The van der Waals surface area contributed by atoms with Crippen molar-refractivity contribution in [1.82, 2.24) is 4.98 Å². The molecule has 1 rings (SSSR count). The van der Waals surface area contributed by atoms with Gasteiger partial charge in [-0.1, -0.05) is 0 Å². The minimum Gasteiger partial charge on any atom is -0.384 e. The van der Waals surface area contributed by atoms with Gasteiger partial charge in [0, 0.05) is 18.8 Å². The van der Waals surface area contributed by atoms with Crippen LogP contribution in [0.5, 0.6) is 0 Å². The van der Waals surface area contributed by atoms with E-state index in [1.165, 1.54) is 0 Å². The van der Waals surface area contributed by atoms with Crippen molar-refractivity contribution in [1.29, 1.82) is 0 Å². The van der Waals surface area contributed by atoms with Crippen molar-refractivity contribution < 1.29 is 0 Å². The maximum absolute atomic E-state index is 5.74. The van der Waals surface area contributed by atoms with Crippen LogP contribution in [0.15, 0.2) is 12.3 Å². The average molecular weight is 166 g/mol. The molecule has 0 spiro atoms. The van der Waals surface area contributed by atoms with Crippen molar-refractivity contribution in [2.45, 2.75) is 13.0 Å². The minimum absolute atomic E-state index is 0.141. The molecule has 1 unspecified atom stereocenters. The molecule has 0 aliphatic carbocycles. The summed E-state index contributed by atoms with van der Waals surface area (Å²) < 4.78 is 0. The third kappa shape index (κ3) is 1.72. The first kappa shape index (κ1) is 8.96. The van der Waals surface area contributed by atoms with Gasteiger partial charge in [-0.2, -0.15) is 0 Å². The van der Waals surface area contributed by atoms with Gasteiger partial charge in [0.1, 0.15) is 5.82 Å². The molecule has 4 nitrogen and oxygen atoms in total. The molecule has 4 heteroatoms. The van der Waals surface area contributed by atoms with Crippen LogP contribution >= 0.6 is 0 Å². The number of hydrogen-bond donors (Lipinski definition) is 3. The van der Waals surface area contributed by atoms with E-state index in [4.69, 9.17) is 17.2 Å². The first-order valence-electron chi connectivity index (χ1n) is 3.83. The summed E-state index contributed by atoms with van der Waals surface area (Å²) in [6.45, 7) is 2.37. The average Bonchev–Trinajstić information content (AvgIpc) is 2.03. The van der Waals surface area contributed by atoms with Crippen LogP contribution in [-0.4, -0.2) is 11.5 Å². The number of aromatic nitrogens is 1. The maximum atomic E-state index is 5.74. The van der Waals surface area contributed by atoms with E-state index in [1.807, 2.05) is 6.92 Å². The number of nitrogen functional groups attached to an aromatic ring is 1. The zero-order chi connectivity index (χ0) is 9.14. The van der Waals surface area contributed by atoms with Gasteiger partial charge >= 0.3 is 0 Å². The van der Waals surface area contributed by atoms with Crippen LogP contribution in [0, 0.1) is 6.92 Å². The van der Waals surface area contributed by atoms with Crippen LogP contribution in [0.1, 0.15) is 17.2 Å². The summed E-state index contributed by atoms with van der Waals surface area (Å²) in [6, 6.07) is 1.66. The van der Waals surface area contributed by atoms with Crippen molar-refractivity contribution in [3.63, 3.8) is 0 Å². The van der Waals surface area contributed by atoms with E-state index in [9.17, 15) is 0 Å². The third-order valence-electron chi connectivity index (χ3n) is 1.83. The first-order valence-corrected chi connectivity index (χ1v) is 3.83. The highest BCUT2D eigenvalue weighted by atomic mass is 14.8. The molecular formula is C8H14N4. The van der Waals surface area contributed by atoms with E-state index in [0.717, 1.165) is 11.1 Å². The molecule has 0 bridgehead atoms. The first-order chi connectivity index (χ1) is 5.65. The van der Waals surface area contributed by atoms with Crippen LogP contribution in [0.25, 0.3) is 0 Å². The number of nitrogens with two attached hydrogens (primary N) is 3. The van der Waals surface area contributed by atoms with Crippen molar-refractivity contribution >= 4 is 5.82 Å². The molecule has 1 atom stereocenters. The highest BCUT2D eigenvalue weighted by Crippen LogP contribution is 2.14. The summed E-state index contributed by atoms with van der Waals surface area (Å²) in [7, 11) is 0. The Morgan fingerprint density at radius 3 is 2.75 bits per heavy atom. The van der Waals surface area contributed by atoms with Crippen LogP contribution < -0.4 is 17.2 Å². The lowest BCUT2D eigenvalue weighted by atomic mass is 10.1. The zero-order valence-electron chi connectivity index (χ0n) is 7.12. The van der Waals surface area contributed by atoms with Crippen LogP contribution in [0.2, 0.25) is 0 Å². The molecule has 12 heavy (non-hydrogen) atoms. The molecule has 66 valence electrons. The van der Waals surface area contributed by atoms with E-state index in [2.05, 4.69) is 4.98 Å². The van der Waals surface area contributed by atoms with Crippen molar-refractivity contribution in [2.24, 2.45) is 11.5 Å². The fourth-order valence-electron chi connectivity index (χ4n) is 1.10. The fraction of sp³-hybridized carbons (Fsp3) is 0.375. The normalized spacial score (nSPS) is 12.9. The van der Waals surface area contributed by atoms with Crippen molar-refractivity contribution in [3.05, 3.63) is 23.4 Å². The molecule has 0 amide bonds. The molecule has 0 aliphatic rings. The Kier molecular flexibility index (Phi) is 2.62. The number of hydrogen-bond acceptors (Lipinski definition) is 4. The van der Waals surface area contributed by atoms with E-state index >= 15 is 0 Å². The van der Waals surface area contributed by atoms with E-state index in [-0.39, 0.29) is 6.04 Å². The molecule has 1 aromatic heterocycles. The highest BCUT2D eigenvalue weighted by molar-refractivity contribution is 5.37. The van der Waals surface area contributed by atoms with E-state index < -0.39 is 0 Å².